The molecule has 3 aromatic rings. The fraction of sp³-hybridized carbons (Fsp3) is 0.263. The van der Waals surface area contributed by atoms with Crippen LogP contribution in [0.5, 0.6) is 0 Å². The van der Waals surface area contributed by atoms with Crippen LogP contribution in [0.3, 0.4) is 0 Å². The van der Waals surface area contributed by atoms with Gasteiger partial charge in [-0.05, 0) is 29.5 Å². The average molecular weight is 333 g/mol. The molecule has 1 fully saturated rings. The zero-order chi connectivity index (χ0) is 17.2. The highest BCUT2D eigenvalue weighted by Crippen LogP contribution is 2.53. The van der Waals surface area contributed by atoms with Crippen LogP contribution >= 0.6 is 0 Å². The Kier molecular flexibility index (Phi) is 4.01. The summed E-state index contributed by atoms with van der Waals surface area (Å²) in [4.78, 5) is 20.9. The Morgan fingerprint density at radius 2 is 1.92 bits per heavy atom. The maximum Gasteiger partial charge on any atom is 0.224 e. The minimum Gasteiger partial charge on any atom is -0.349 e. The number of nitrogens with zero attached hydrogens (tertiary/aromatic N) is 3. The number of carbonyl (C=O) groups is 1. The van der Waals surface area contributed by atoms with Crippen LogP contribution in [0.1, 0.15) is 24.2 Å². The first kappa shape index (κ1) is 15.5. The van der Waals surface area contributed by atoms with Gasteiger partial charge in [0.05, 0.1) is 6.54 Å². The largest absolute Gasteiger partial charge is 0.349 e. The van der Waals surface area contributed by atoms with Crippen molar-refractivity contribution in [3.8, 4) is 11.4 Å². The van der Waals surface area contributed by atoms with Crippen LogP contribution in [0.2, 0.25) is 0 Å². The lowest BCUT2D eigenvalue weighted by Crippen LogP contribution is -2.26. The fourth-order valence-corrected chi connectivity index (χ4v) is 3.34. The molecule has 25 heavy (non-hydrogen) atoms. The second-order valence-corrected chi connectivity index (χ2v) is 6.38. The molecule has 2 aromatic heterocycles. The van der Waals surface area contributed by atoms with Crippen LogP contribution in [0.25, 0.3) is 11.4 Å². The first-order valence-electron chi connectivity index (χ1n) is 8.38. The van der Waals surface area contributed by atoms with E-state index in [9.17, 15) is 4.79 Å². The number of nitrogens with one attached hydrogen (secondary N) is 2. The Labute approximate surface area is 145 Å². The van der Waals surface area contributed by atoms with Crippen molar-refractivity contribution >= 4 is 5.91 Å². The second-order valence-electron chi connectivity index (χ2n) is 6.38. The van der Waals surface area contributed by atoms with E-state index in [1.807, 2.05) is 30.3 Å². The molecule has 6 nitrogen and oxygen atoms in total. The van der Waals surface area contributed by atoms with E-state index in [0.717, 1.165) is 5.56 Å². The number of benzene rings is 1. The monoisotopic (exact) mass is 333 g/mol. The highest BCUT2D eigenvalue weighted by atomic mass is 16.2. The standard InChI is InChI=1S/C19H19N5O/c1-12-16(13-5-3-2-4-6-13)17(12)19(25)21-11-15-22-18(24-23-15)14-7-9-20-10-8-14/h2-10,12,16-17H,11H2,1H3,(H,21,25)(H,22,23,24). The molecule has 0 radical (unpaired) electrons. The number of carbonyl (C=O) groups excluding carboxylic acids is 1. The summed E-state index contributed by atoms with van der Waals surface area (Å²) >= 11 is 0. The van der Waals surface area contributed by atoms with Crippen LogP contribution < -0.4 is 5.32 Å². The molecule has 0 spiro atoms. The lowest BCUT2D eigenvalue weighted by Gasteiger charge is -2.02. The van der Waals surface area contributed by atoms with Gasteiger partial charge in [-0.3, -0.25) is 14.9 Å². The molecule has 2 N–H and O–H groups in total. The lowest BCUT2D eigenvalue weighted by molar-refractivity contribution is -0.122. The molecule has 0 saturated heterocycles. The quantitative estimate of drug-likeness (QED) is 0.751. The van der Waals surface area contributed by atoms with Gasteiger partial charge in [0.2, 0.25) is 5.91 Å². The number of amides is 1. The Hall–Kier alpha value is -3.02. The third kappa shape index (κ3) is 3.15. The number of H-pyrrole nitrogens is 1. The molecule has 3 unspecified atom stereocenters. The van der Waals surface area contributed by atoms with Crippen LogP contribution in [0, 0.1) is 11.8 Å². The van der Waals surface area contributed by atoms with Crippen molar-refractivity contribution in [1.29, 1.82) is 0 Å². The molecule has 1 saturated carbocycles. The van der Waals surface area contributed by atoms with E-state index in [1.165, 1.54) is 5.56 Å². The summed E-state index contributed by atoms with van der Waals surface area (Å²) in [5, 5.41) is 10.0. The predicted molar refractivity (Wildman–Crippen MR) is 93.3 cm³/mol. The molecular formula is C19H19N5O. The van der Waals surface area contributed by atoms with Gasteiger partial charge in [0.25, 0.3) is 0 Å². The molecule has 4 rings (SSSR count). The summed E-state index contributed by atoms with van der Waals surface area (Å²) in [6, 6.07) is 13.9. The van der Waals surface area contributed by atoms with Gasteiger partial charge in [-0.1, -0.05) is 37.3 Å². The summed E-state index contributed by atoms with van der Waals surface area (Å²) in [5.41, 5.74) is 2.12. The Morgan fingerprint density at radius 1 is 1.16 bits per heavy atom. The number of aromatic nitrogens is 4. The zero-order valence-corrected chi connectivity index (χ0v) is 13.9. The first-order chi connectivity index (χ1) is 12.2. The Balaban J connectivity index is 1.36. The van der Waals surface area contributed by atoms with Crippen LogP contribution in [0.4, 0.5) is 0 Å². The van der Waals surface area contributed by atoms with Gasteiger partial charge >= 0.3 is 0 Å². The van der Waals surface area contributed by atoms with Crippen molar-refractivity contribution in [3.05, 3.63) is 66.2 Å². The average Bonchev–Trinajstić information content (AvgIpc) is 3.11. The van der Waals surface area contributed by atoms with E-state index in [0.29, 0.717) is 30.0 Å². The first-order valence-corrected chi connectivity index (χ1v) is 8.38. The van der Waals surface area contributed by atoms with E-state index in [4.69, 9.17) is 0 Å². The third-order valence-corrected chi connectivity index (χ3v) is 4.77. The summed E-state index contributed by atoms with van der Waals surface area (Å²) in [6.07, 6.45) is 3.40. The molecule has 6 heteroatoms. The summed E-state index contributed by atoms with van der Waals surface area (Å²) in [7, 11) is 0. The Bertz CT molecular complexity index is 862. The molecular weight excluding hydrogens is 314 g/mol. The summed E-state index contributed by atoms with van der Waals surface area (Å²) < 4.78 is 0. The molecule has 2 heterocycles. The third-order valence-electron chi connectivity index (χ3n) is 4.77. The highest BCUT2D eigenvalue weighted by molar-refractivity contribution is 5.83. The van der Waals surface area contributed by atoms with Crippen LogP contribution in [-0.4, -0.2) is 26.1 Å². The topological polar surface area (TPSA) is 83.6 Å². The van der Waals surface area contributed by atoms with Gasteiger partial charge in [0.1, 0.15) is 5.82 Å². The van der Waals surface area contributed by atoms with Crippen LogP contribution in [-0.2, 0) is 11.3 Å². The van der Waals surface area contributed by atoms with Crippen molar-refractivity contribution in [1.82, 2.24) is 25.5 Å². The number of pyridine rings is 1. The number of rotatable bonds is 5. The summed E-state index contributed by atoms with van der Waals surface area (Å²) in [6.45, 7) is 2.47. The van der Waals surface area contributed by atoms with E-state index in [2.05, 4.69) is 44.5 Å². The zero-order valence-electron chi connectivity index (χ0n) is 13.9. The summed E-state index contributed by atoms with van der Waals surface area (Å²) in [5.74, 6) is 2.03. The maximum atomic E-state index is 12.5. The molecule has 1 aromatic carbocycles. The van der Waals surface area contributed by atoms with Gasteiger partial charge in [-0.15, -0.1) is 0 Å². The number of hydrogen-bond acceptors (Lipinski definition) is 4. The normalized spacial score (nSPS) is 21.7. The minimum atomic E-state index is 0.0324. The molecule has 0 bridgehead atoms. The van der Waals surface area contributed by atoms with E-state index in [-0.39, 0.29) is 11.8 Å². The minimum absolute atomic E-state index is 0.0324. The van der Waals surface area contributed by atoms with E-state index in [1.54, 1.807) is 12.4 Å². The van der Waals surface area contributed by atoms with Crippen molar-refractivity contribution < 1.29 is 4.79 Å². The maximum absolute atomic E-state index is 12.5. The van der Waals surface area contributed by atoms with Crippen LogP contribution in [0.15, 0.2) is 54.9 Å². The van der Waals surface area contributed by atoms with E-state index >= 15 is 0 Å². The highest BCUT2D eigenvalue weighted by Gasteiger charge is 2.52. The fourth-order valence-electron chi connectivity index (χ4n) is 3.34. The SMILES string of the molecule is CC1C(C(=O)NCc2nc(-c3ccncc3)n[nH]2)C1c1ccccc1. The van der Waals surface area contributed by atoms with Crippen molar-refractivity contribution in [3.63, 3.8) is 0 Å². The van der Waals surface area contributed by atoms with Gasteiger partial charge < -0.3 is 5.32 Å². The molecule has 3 atom stereocenters. The number of aromatic amines is 1. The van der Waals surface area contributed by atoms with E-state index < -0.39 is 0 Å². The van der Waals surface area contributed by atoms with Gasteiger partial charge in [0.15, 0.2) is 5.82 Å². The van der Waals surface area contributed by atoms with Gasteiger partial charge in [-0.25, -0.2) is 4.98 Å². The lowest BCUT2D eigenvalue weighted by atomic mass is 10.1. The van der Waals surface area contributed by atoms with Crippen molar-refractivity contribution in [2.24, 2.45) is 11.8 Å². The van der Waals surface area contributed by atoms with Gasteiger partial charge in [0, 0.05) is 23.9 Å². The molecule has 0 aliphatic heterocycles. The molecule has 1 aliphatic carbocycles. The van der Waals surface area contributed by atoms with Crippen molar-refractivity contribution in [2.75, 3.05) is 0 Å². The molecule has 1 aliphatic rings. The van der Waals surface area contributed by atoms with Gasteiger partial charge in [-0.2, -0.15) is 5.10 Å². The second kappa shape index (κ2) is 6.47. The van der Waals surface area contributed by atoms with Crippen molar-refractivity contribution in [2.45, 2.75) is 19.4 Å². The smallest absolute Gasteiger partial charge is 0.224 e. The predicted octanol–water partition coefficient (Wildman–Crippen LogP) is 2.53. The Morgan fingerprint density at radius 3 is 2.68 bits per heavy atom. The molecule has 1 amide bonds. The molecule has 126 valence electrons. The number of hydrogen-bond donors (Lipinski definition) is 2.